The summed E-state index contributed by atoms with van der Waals surface area (Å²) in [5.74, 6) is -0.171. The Balaban J connectivity index is 2.42. The first-order chi connectivity index (χ1) is 8.13. The van der Waals surface area contributed by atoms with Crippen LogP contribution in [0.25, 0.3) is 10.9 Å². The van der Waals surface area contributed by atoms with Crippen LogP contribution in [0.5, 0.6) is 0 Å². The van der Waals surface area contributed by atoms with E-state index in [1.807, 2.05) is 0 Å². The number of ketones is 1. The van der Waals surface area contributed by atoms with E-state index in [2.05, 4.69) is 34.5 Å². The number of rotatable bonds is 4. The first-order valence-corrected chi connectivity index (χ1v) is 6.71. The van der Waals surface area contributed by atoms with Gasteiger partial charge in [-0.15, -0.1) is 0 Å². The van der Waals surface area contributed by atoms with E-state index < -0.39 is 0 Å². The van der Waals surface area contributed by atoms with Crippen LogP contribution in [0.15, 0.2) is 18.2 Å². The molecule has 0 aliphatic carbocycles. The van der Waals surface area contributed by atoms with E-state index in [1.165, 1.54) is 12.1 Å². The number of hydrogen-bond acceptors (Lipinski definition) is 1. The summed E-state index contributed by atoms with van der Waals surface area (Å²) in [5.41, 5.74) is 1.43. The molecule has 1 aromatic heterocycles. The number of Topliss-reactive ketones (excluding diaryl/α,β-unsaturated/α-hetero) is 1. The third-order valence-corrected chi connectivity index (χ3v) is 3.85. The first-order valence-electron chi connectivity index (χ1n) is 5.63. The zero-order chi connectivity index (χ0) is 12.4. The Bertz CT molecular complexity index is 562. The zero-order valence-electron chi connectivity index (χ0n) is 9.52. The summed E-state index contributed by atoms with van der Waals surface area (Å²) in [7, 11) is 0. The van der Waals surface area contributed by atoms with Gasteiger partial charge in [0.2, 0.25) is 0 Å². The second-order valence-electron chi connectivity index (χ2n) is 4.03. The highest BCUT2D eigenvalue weighted by Gasteiger charge is 2.15. The molecular formula is C13H13FINO. The van der Waals surface area contributed by atoms with E-state index in [0.29, 0.717) is 12.1 Å². The van der Waals surface area contributed by atoms with Gasteiger partial charge in [-0.1, -0.05) is 13.3 Å². The molecule has 2 rings (SSSR count). The fourth-order valence-electron chi connectivity index (χ4n) is 1.79. The summed E-state index contributed by atoms with van der Waals surface area (Å²) < 4.78 is 13.9. The lowest BCUT2D eigenvalue weighted by atomic mass is 10.1. The maximum absolute atomic E-state index is 13.1. The normalized spacial score (nSPS) is 11.0. The van der Waals surface area contributed by atoms with Crippen LogP contribution in [0.4, 0.5) is 4.39 Å². The molecule has 0 bridgehead atoms. The van der Waals surface area contributed by atoms with Crippen LogP contribution < -0.4 is 0 Å². The van der Waals surface area contributed by atoms with E-state index >= 15 is 0 Å². The summed E-state index contributed by atoms with van der Waals surface area (Å²) in [6.07, 6.45) is 2.43. The van der Waals surface area contributed by atoms with Crippen molar-refractivity contribution in [2.75, 3.05) is 0 Å². The number of hydrogen-bond donors (Lipinski definition) is 1. The number of H-pyrrole nitrogens is 1. The molecule has 1 N–H and O–H groups in total. The van der Waals surface area contributed by atoms with Gasteiger partial charge in [0.05, 0.1) is 5.69 Å². The van der Waals surface area contributed by atoms with Crippen LogP contribution >= 0.6 is 22.6 Å². The number of halogens is 2. The third kappa shape index (κ3) is 2.51. The lowest BCUT2D eigenvalue weighted by Crippen LogP contribution is -2.00. The minimum absolute atomic E-state index is 0.104. The fraction of sp³-hybridized carbons (Fsp3) is 0.308. The minimum atomic E-state index is -0.276. The highest BCUT2D eigenvalue weighted by Crippen LogP contribution is 2.26. The van der Waals surface area contributed by atoms with Crippen LogP contribution in [-0.2, 0) is 0 Å². The molecule has 4 heteroatoms. The Labute approximate surface area is 113 Å². The summed E-state index contributed by atoms with van der Waals surface area (Å²) in [6, 6.07) is 4.53. The number of aromatic amines is 1. The topological polar surface area (TPSA) is 32.9 Å². The molecule has 0 radical (unpaired) electrons. The van der Waals surface area contributed by atoms with Crippen molar-refractivity contribution in [3.63, 3.8) is 0 Å². The third-order valence-electron chi connectivity index (χ3n) is 2.73. The van der Waals surface area contributed by atoms with Crippen molar-refractivity contribution >= 4 is 39.3 Å². The Morgan fingerprint density at radius 2 is 2.24 bits per heavy atom. The monoisotopic (exact) mass is 345 g/mol. The van der Waals surface area contributed by atoms with Gasteiger partial charge in [-0.05, 0) is 47.2 Å². The molecule has 2 aromatic rings. The van der Waals surface area contributed by atoms with Crippen molar-refractivity contribution in [3.8, 4) is 0 Å². The van der Waals surface area contributed by atoms with E-state index in [0.717, 1.165) is 27.3 Å². The highest BCUT2D eigenvalue weighted by molar-refractivity contribution is 14.1. The SMILES string of the molecule is CCCCC(=O)c1[nH]c2ccc(F)cc2c1I. The number of unbranched alkanes of at least 4 members (excludes halogenated alkanes) is 1. The van der Waals surface area contributed by atoms with Crippen molar-refractivity contribution in [2.24, 2.45) is 0 Å². The first kappa shape index (κ1) is 12.5. The van der Waals surface area contributed by atoms with Crippen LogP contribution in [0.1, 0.15) is 36.7 Å². The lowest BCUT2D eigenvalue weighted by molar-refractivity contribution is 0.0975. The van der Waals surface area contributed by atoms with Crippen LogP contribution in [0, 0.1) is 9.39 Å². The second kappa shape index (κ2) is 5.16. The number of carbonyl (C=O) groups is 1. The van der Waals surface area contributed by atoms with Crippen molar-refractivity contribution in [1.29, 1.82) is 0 Å². The van der Waals surface area contributed by atoms with Gasteiger partial charge in [-0.3, -0.25) is 4.79 Å². The van der Waals surface area contributed by atoms with E-state index in [-0.39, 0.29) is 11.6 Å². The predicted molar refractivity (Wildman–Crippen MR) is 74.8 cm³/mol. The lowest BCUT2D eigenvalue weighted by Gasteiger charge is -1.97. The maximum atomic E-state index is 13.1. The number of benzene rings is 1. The number of carbonyl (C=O) groups excluding carboxylic acids is 1. The minimum Gasteiger partial charge on any atom is -0.351 e. The molecule has 0 saturated carbocycles. The molecule has 17 heavy (non-hydrogen) atoms. The summed E-state index contributed by atoms with van der Waals surface area (Å²) in [6.45, 7) is 2.05. The maximum Gasteiger partial charge on any atom is 0.180 e. The van der Waals surface area contributed by atoms with Crippen molar-refractivity contribution in [1.82, 2.24) is 4.98 Å². The van der Waals surface area contributed by atoms with Gasteiger partial charge in [0.1, 0.15) is 5.82 Å². The number of aromatic nitrogens is 1. The Kier molecular flexibility index (Phi) is 3.81. The smallest absolute Gasteiger partial charge is 0.180 e. The summed E-state index contributed by atoms with van der Waals surface area (Å²) in [4.78, 5) is 15.0. The quantitative estimate of drug-likeness (QED) is 0.651. The van der Waals surface area contributed by atoms with Crippen LogP contribution in [0.2, 0.25) is 0 Å². The van der Waals surface area contributed by atoms with Gasteiger partial charge in [0.25, 0.3) is 0 Å². The van der Waals surface area contributed by atoms with Crippen LogP contribution in [-0.4, -0.2) is 10.8 Å². The molecule has 0 unspecified atom stereocenters. The highest BCUT2D eigenvalue weighted by atomic mass is 127. The van der Waals surface area contributed by atoms with Gasteiger partial charge in [0, 0.05) is 20.9 Å². The number of nitrogens with one attached hydrogen (secondary N) is 1. The standard InChI is InChI=1S/C13H13FINO/c1-2-3-4-11(17)13-12(15)9-7-8(14)5-6-10(9)16-13/h5-7,16H,2-4H2,1H3. The molecule has 0 amide bonds. The van der Waals surface area contributed by atoms with Gasteiger partial charge in [-0.25, -0.2) is 4.39 Å². The molecule has 0 aliphatic heterocycles. The Morgan fingerprint density at radius 3 is 2.94 bits per heavy atom. The predicted octanol–water partition coefficient (Wildman–Crippen LogP) is 4.28. The van der Waals surface area contributed by atoms with Crippen molar-refractivity contribution in [3.05, 3.63) is 33.3 Å². The molecule has 0 spiro atoms. The summed E-state index contributed by atoms with van der Waals surface area (Å²) in [5, 5.41) is 0.783. The average Bonchev–Trinajstić information content (AvgIpc) is 2.64. The molecule has 2 nitrogen and oxygen atoms in total. The van der Waals surface area contributed by atoms with Crippen molar-refractivity contribution < 1.29 is 9.18 Å². The van der Waals surface area contributed by atoms with Crippen molar-refractivity contribution in [2.45, 2.75) is 26.2 Å². The molecule has 0 saturated heterocycles. The molecule has 0 fully saturated rings. The van der Waals surface area contributed by atoms with E-state index in [4.69, 9.17) is 0 Å². The second-order valence-corrected chi connectivity index (χ2v) is 5.11. The van der Waals surface area contributed by atoms with E-state index in [9.17, 15) is 9.18 Å². The molecule has 1 heterocycles. The van der Waals surface area contributed by atoms with Gasteiger partial charge < -0.3 is 4.98 Å². The average molecular weight is 345 g/mol. The summed E-state index contributed by atoms with van der Waals surface area (Å²) >= 11 is 2.10. The molecule has 1 aromatic carbocycles. The van der Waals surface area contributed by atoms with Gasteiger partial charge in [-0.2, -0.15) is 0 Å². The Hall–Kier alpha value is -0.910. The molecule has 90 valence electrons. The molecule has 0 atom stereocenters. The fourth-order valence-corrected chi connectivity index (χ4v) is 2.67. The largest absolute Gasteiger partial charge is 0.351 e. The van der Waals surface area contributed by atoms with Crippen LogP contribution in [0.3, 0.4) is 0 Å². The zero-order valence-corrected chi connectivity index (χ0v) is 11.7. The van der Waals surface area contributed by atoms with Gasteiger partial charge >= 0.3 is 0 Å². The molecule has 0 aliphatic rings. The van der Waals surface area contributed by atoms with Gasteiger partial charge in [0.15, 0.2) is 5.78 Å². The number of fused-ring (bicyclic) bond motifs is 1. The molecular weight excluding hydrogens is 332 g/mol. The Morgan fingerprint density at radius 1 is 1.47 bits per heavy atom. The van der Waals surface area contributed by atoms with E-state index in [1.54, 1.807) is 6.07 Å².